The van der Waals surface area contributed by atoms with E-state index < -0.39 is 0 Å². The van der Waals surface area contributed by atoms with Crippen LogP contribution in [0.1, 0.15) is 54.5 Å². The third-order valence-corrected chi connectivity index (χ3v) is 4.31. The van der Waals surface area contributed by atoms with Crippen LogP contribution >= 0.6 is 0 Å². The second-order valence-electron chi connectivity index (χ2n) is 6.83. The van der Waals surface area contributed by atoms with Gasteiger partial charge in [-0.25, -0.2) is 4.98 Å². The van der Waals surface area contributed by atoms with Gasteiger partial charge in [0.1, 0.15) is 12.0 Å². The molecule has 0 fully saturated rings. The number of hydrogen-bond donors (Lipinski definition) is 1. The first-order chi connectivity index (χ1) is 13.0. The van der Waals surface area contributed by atoms with Crippen LogP contribution < -0.4 is 5.32 Å². The normalized spacial score (nSPS) is 12.5. The second-order valence-corrected chi connectivity index (χ2v) is 6.83. The molecule has 0 aliphatic heterocycles. The van der Waals surface area contributed by atoms with Crippen molar-refractivity contribution < 1.29 is 13.6 Å². The molecule has 2 heterocycles. The predicted octanol–water partition coefficient (Wildman–Crippen LogP) is 4.17. The summed E-state index contributed by atoms with van der Waals surface area (Å²) in [5, 5.41) is 2.82. The van der Waals surface area contributed by atoms with E-state index in [1.807, 2.05) is 44.2 Å². The number of furan rings is 1. The van der Waals surface area contributed by atoms with Crippen LogP contribution in [0.4, 0.5) is 0 Å². The molecule has 0 aliphatic carbocycles. The zero-order valence-electron chi connectivity index (χ0n) is 15.9. The first-order valence-electron chi connectivity index (χ1n) is 9.09. The Morgan fingerprint density at radius 1 is 1.07 bits per heavy atom. The molecule has 3 aromatic rings. The maximum atomic E-state index is 12.1. The third kappa shape index (κ3) is 5.08. The molecule has 27 heavy (non-hydrogen) atoms. The summed E-state index contributed by atoms with van der Waals surface area (Å²) in [7, 11) is 0. The van der Waals surface area contributed by atoms with Gasteiger partial charge < -0.3 is 14.2 Å². The Bertz CT molecular complexity index is 841. The maximum Gasteiger partial charge on any atom is 0.273 e. The zero-order valence-corrected chi connectivity index (χ0v) is 15.9. The van der Waals surface area contributed by atoms with Crippen LogP contribution in [0.3, 0.4) is 0 Å². The van der Waals surface area contributed by atoms with E-state index in [2.05, 4.69) is 34.3 Å². The van der Waals surface area contributed by atoms with Gasteiger partial charge in [0.15, 0.2) is 5.69 Å². The number of nitrogens with one attached hydrogen (secondary N) is 1. The van der Waals surface area contributed by atoms with Gasteiger partial charge in [-0.1, -0.05) is 30.3 Å². The summed E-state index contributed by atoms with van der Waals surface area (Å²) < 4.78 is 11.1. The summed E-state index contributed by atoms with van der Waals surface area (Å²) in [6, 6.07) is 14.2. The van der Waals surface area contributed by atoms with Crippen LogP contribution in [-0.4, -0.2) is 21.8 Å². The molecule has 0 aliphatic rings. The first kappa shape index (κ1) is 18.9. The number of carbonyl (C=O) groups is 1. The van der Waals surface area contributed by atoms with Gasteiger partial charge in [0, 0.05) is 12.1 Å². The van der Waals surface area contributed by atoms with Gasteiger partial charge in [0.25, 0.3) is 5.91 Å². The predicted molar refractivity (Wildman–Crippen MR) is 102 cm³/mol. The summed E-state index contributed by atoms with van der Waals surface area (Å²) in [5.74, 6) is 1.13. The van der Waals surface area contributed by atoms with Gasteiger partial charge >= 0.3 is 0 Å². The summed E-state index contributed by atoms with van der Waals surface area (Å²) in [5.41, 5.74) is 1.48. The van der Waals surface area contributed by atoms with Crippen LogP contribution in [0, 0.1) is 0 Å². The quantitative estimate of drug-likeness (QED) is 0.647. The number of rotatable bonds is 8. The lowest BCUT2D eigenvalue weighted by Gasteiger charge is -2.27. The van der Waals surface area contributed by atoms with E-state index in [0.717, 1.165) is 5.76 Å². The van der Waals surface area contributed by atoms with E-state index in [1.165, 1.54) is 11.8 Å². The van der Waals surface area contributed by atoms with Crippen molar-refractivity contribution in [1.82, 2.24) is 15.2 Å². The van der Waals surface area contributed by atoms with Crippen molar-refractivity contribution in [3.8, 4) is 0 Å². The molecule has 1 amide bonds. The number of nitrogens with zero attached hydrogens (tertiary/aromatic N) is 2. The zero-order chi connectivity index (χ0) is 19.2. The fourth-order valence-corrected chi connectivity index (χ4v) is 2.87. The molecular weight excluding hydrogens is 342 g/mol. The average Bonchev–Trinajstić information content (AvgIpc) is 3.33. The van der Waals surface area contributed by atoms with E-state index in [-0.39, 0.29) is 18.0 Å². The van der Waals surface area contributed by atoms with Gasteiger partial charge in [-0.05, 0) is 38.5 Å². The molecular formula is C21H25N3O3. The number of oxazole rings is 1. The molecule has 142 valence electrons. The van der Waals surface area contributed by atoms with Crippen molar-refractivity contribution in [1.29, 1.82) is 0 Å². The minimum absolute atomic E-state index is 0.0474. The molecule has 2 aromatic heterocycles. The largest absolute Gasteiger partial charge is 0.468 e. The van der Waals surface area contributed by atoms with Crippen molar-refractivity contribution in [3.63, 3.8) is 0 Å². The minimum atomic E-state index is -0.228. The van der Waals surface area contributed by atoms with Crippen molar-refractivity contribution in [3.05, 3.63) is 77.9 Å². The highest BCUT2D eigenvalue weighted by atomic mass is 16.3. The minimum Gasteiger partial charge on any atom is -0.468 e. The number of aromatic nitrogens is 1. The first-order valence-corrected chi connectivity index (χ1v) is 9.09. The van der Waals surface area contributed by atoms with Gasteiger partial charge in [-0.3, -0.25) is 9.69 Å². The van der Waals surface area contributed by atoms with Crippen LogP contribution in [0.25, 0.3) is 0 Å². The van der Waals surface area contributed by atoms with Crippen LogP contribution in [0.15, 0.2) is 63.8 Å². The summed E-state index contributed by atoms with van der Waals surface area (Å²) in [6.45, 7) is 7.02. The number of amides is 1. The highest BCUT2D eigenvalue weighted by molar-refractivity contribution is 5.92. The van der Waals surface area contributed by atoms with E-state index >= 15 is 0 Å². The average molecular weight is 367 g/mol. The van der Waals surface area contributed by atoms with E-state index in [4.69, 9.17) is 8.83 Å². The smallest absolute Gasteiger partial charge is 0.273 e. The molecule has 1 aromatic carbocycles. The Labute approximate surface area is 159 Å². The monoisotopic (exact) mass is 367 g/mol. The summed E-state index contributed by atoms with van der Waals surface area (Å²) in [4.78, 5) is 18.7. The molecule has 3 rings (SSSR count). The molecule has 0 radical (unpaired) electrons. The van der Waals surface area contributed by atoms with Gasteiger partial charge in [-0.2, -0.15) is 0 Å². The molecule has 0 unspecified atom stereocenters. The van der Waals surface area contributed by atoms with Crippen molar-refractivity contribution >= 4 is 5.91 Å². The molecule has 1 N–H and O–H groups in total. The molecule has 1 atom stereocenters. The number of carbonyl (C=O) groups excluding carboxylic acids is 1. The Kier molecular flexibility index (Phi) is 6.08. The standard InChI is InChI=1S/C21H25N3O3/c1-15(2)22-21(25)19-14-27-20(23-19)13-24(12-18-10-7-11-26-18)16(3)17-8-5-4-6-9-17/h4-11,14-16H,12-13H2,1-3H3,(H,22,25)/t16-/m1/s1. The maximum absolute atomic E-state index is 12.1. The van der Waals surface area contributed by atoms with Crippen molar-refractivity contribution in [2.75, 3.05) is 0 Å². The Hall–Kier alpha value is -2.86. The summed E-state index contributed by atoms with van der Waals surface area (Å²) in [6.07, 6.45) is 3.07. The molecule has 0 saturated heterocycles. The molecule has 0 bridgehead atoms. The second kappa shape index (κ2) is 8.68. The fourth-order valence-electron chi connectivity index (χ4n) is 2.87. The molecule has 6 heteroatoms. The fraction of sp³-hybridized carbons (Fsp3) is 0.333. The highest BCUT2D eigenvalue weighted by Crippen LogP contribution is 2.24. The lowest BCUT2D eigenvalue weighted by Crippen LogP contribution is -2.30. The third-order valence-electron chi connectivity index (χ3n) is 4.31. The van der Waals surface area contributed by atoms with Crippen molar-refractivity contribution in [2.45, 2.75) is 45.9 Å². The SMILES string of the molecule is CC(C)NC(=O)c1coc(CN(Cc2ccco2)[C@H](C)c2ccccc2)n1. The molecule has 6 nitrogen and oxygen atoms in total. The van der Waals surface area contributed by atoms with Crippen molar-refractivity contribution in [2.24, 2.45) is 0 Å². The van der Waals surface area contributed by atoms with Gasteiger partial charge in [0.05, 0.1) is 19.4 Å². The van der Waals surface area contributed by atoms with E-state index in [1.54, 1.807) is 6.26 Å². The Morgan fingerprint density at radius 2 is 1.85 bits per heavy atom. The topological polar surface area (TPSA) is 71.5 Å². The van der Waals surface area contributed by atoms with Gasteiger partial charge in [-0.15, -0.1) is 0 Å². The van der Waals surface area contributed by atoms with Crippen LogP contribution in [0.5, 0.6) is 0 Å². The number of hydrogen-bond acceptors (Lipinski definition) is 5. The Balaban J connectivity index is 1.77. The Morgan fingerprint density at radius 3 is 2.52 bits per heavy atom. The number of benzene rings is 1. The van der Waals surface area contributed by atoms with Gasteiger partial charge in [0.2, 0.25) is 5.89 Å². The van der Waals surface area contributed by atoms with E-state index in [9.17, 15) is 4.79 Å². The molecule has 0 saturated carbocycles. The lowest BCUT2D eigenvalue weighted by molar-refractivity contribution is 0.0938. The molecule has 0 spiro atoms. The van der Waals surface area contributed by atoms with Crippen LogP contribution in [-0.2, 0) is 13.1 Å². The highest BCUT2D eigenvalue weighted by Gasteiger charge is 2.21. The van der Waals surface area contributed by atoms with E-state index in [0.29, 0.717) is 24.7 Å². The lowest BCUT2D eigenvalue weighted by atomic mass is 10.1. The summed E-state index contributed by atoms with van der Waals surface area (Å²) >= 11 is 0. The van der Waals surface area contributed by atoms with Crippen LogP contribution in [0.2, 0.25) is 0 Å².